The average Bonchev–Trinajstić information content (AvgIpc) is 3.21. The number of carbonyl (C=O) groups is 2. The van der Waals surface area contributed by atoms with Crippen LogP contribution in [0, 0.1) is 12.7 Å². The van der Waals surface area contributed by atoms with Gasteiger partial charge in [0.05, 0.1) is 24.8 Å². The Balaban J connectivity index is 1.53. The first-order valence-electron chi connectivity index (χ1n) is 10.9. The van der Waals surface area contributed by atoms with Crippen LogP contribution in [0.3, 0.4) is 0 Å². The molecule has 2 heterocycles. The number of aromatic nitrogens is 1. The summed E-state index contributed by atoms with van der Waals surface area (Å²) < 4.78 is 25.4. The predicted octanol–water partition coefficient (Wildman–Crippen LogP) is 3.67. The Kier molecular flexibility index (Phi) is 7.54. The number of rotatable bonds is 7. The van der Waals surface area contributed by atoms with E-state index in [1.54, 1.807) is 35.6 Å². The Morgan fingerprint density at radius 3 is 2.62 bits per heavy atom. The highest BCUT2D eigenvalue weighted by Crippen LogP contribution is 2.19. The molecule has 0 radical (unpaired) electrons. The normalized spacial score (nSPS) is 16.4. The van der Waals surface area contributed by atoms with E-state index in [2.05, 4.69) is 4.98 Å². The molecule has 2 aromatic carbocycles. The van der Waals surface area contributed by atoms with E-state index in [1.807, 2.05) is 31.2 Å². The van der Waals surface area contributed by atoms with Crippen LogP contribution in [0.2, 0.25) is 0 Å². The molecule has 1 saturated heterocycles. The Labute approximate surface area is 201 Å². The summed E-state index contributed by atoms with van der Waals surface area (Å²) in [6.45, 7) is 2.63. The van der Waals surface area contributed by atoms with Gasteiger partial charge in [0.1, 0.15) is 23.8 Å². The Morgan fingerprint density at radius 1 is 1.18 bits per heavy atom. The van der Waals surface area contributed by atoms with Crippen LogP contribution in [-0.2, 0) is 22.7 Å². The first kappa shape index (κ1) is 23.8. The number of thiazole rings is 1. The van der Waals surface area contributed by atoms with E-state index in [0.29, 0.717) is 17.8 Å². The number of aryl methyl sites for hydroxylation is 1. The number of hydrogen-bond donors (Lipinski definition) is 0. The molecule has 0 aliphatic carbocycles. The standard InChI is InChI=1S/C25H26FN3O4S/c1-17-27-23(16-34-17)25(31)29-13-21(33-15-19-5-3-4-6-22(19)26)12-28(24(30)14-29)11-18-7-9-20(32-2)10-8-18/h3-10,16,21H,11-15H2,1-2H3. The maximum absolute atomic E-state index is 14.1. The van der Waals surface area contributed by atoms with Gasteiger partial charge in [-0.1, -0.05) is 30.3 Å². The van der Waals surface area contributed by atoms with Gasteiger partial charge in [-0.3, -0.25) is 9.59 Å². The summed E-state index contributed by atoms with van der Waals surface area (Å²) in [6.07, 6.45) is -0.493. The summed E-state index contributed by atoms with van der Waals surface area (Å²) >= 11 is 1.38. The topological polar surface area (TPSA) is 72.0 Å². The summed E-state index contributed by atoms with van der Waals surface area (Å²) in [5, 5.41) is 2.47. The van der Waals surface area contributed by atoms with Crippen molar-refractivity contribution in [1.29, 1.82) is 0 Å². The summed E-state index contributed by atoms with van der Waals surface area (Å²) in [5.41, 5.74) is 1.66. The second kappa shape index (κ2) is 10.8. The second-order valence-electron chi connectivity index (χ2n) is 8.08. The molecule has 3 aromatic rings. The molecular weight excluding hydrogens is 457 g/mol. The van der Waals surface area contributed by atoms with E-state index in [1.165, 1.54) is 22.3 Å². The van der Waals surface area contributed by atoms with Crippen LogP contribution in [-0.4, -0.2) is 59.4 Å². The maximum Gasteiger partial charge on any atom is 0.273 e. The average molecular weight is 484 g/mol. The number of halogens is 1. The summed E-state index contributed by atoms with van der Waals surface area (Å²) in [6, 6.07) is 13.9. The minimum absolute atomic E-state index is 0.0414. The molecule has 1 aliphatic heterocycles. The smallest absolute Gasteiger partial charge is 0.273 e. The van der Waals surface area contributed by atoms with Crippen LogP contribution >= 0.6 is 11.3 Å². The van der Waals surface area contributed by atoms with Gasteiger partial charge in [0.15, 0.2) is 0 Å². The highest BCUT2D eigenvalue weighted by molar-refractivity contribution is 7.09. The number of amides is 2. The Bertz CT molecular complexity index is 1150. The number of methoxy groups -OCH3 is 1. The molecular formula is C25H26FN3O4S. The zero-order chi connectivity index (χ0) is 24.1. The van der Waals surface area contributed by atoms with Gasteiger partial charge in [0, 0.05) is 30.6 Å². The highest BCUT2D eigenvalue weighted by atomic mass is 32.1. The van der Waals surface area contributed by atoms with E-state index in [9.17, 15) is 14.0 Å². The van der Waals surface area contributed by atoms with E-state index >= 15 is 0 Å². The monoisotopic (exact) mass is 483 g/mol. The molecule has 2 amide bonds. The van der Waals surface area contributed by atoms with Crippen LogP contribution in [0.5, 0.6) is 5.75 Å². The summed E-state index contributed by atoms with van der Waals surface area (Å²) in [7, 11) is 1.60. The quantitative estimate of drug-likeness (QED) is 0.513. The van der Waals surface area contributed by atoms with Crippen LogP contribution in [0.4, 0.5) is 4.39 Å². The predicted molar refractivity (Wildman–Crippen MR) is 126 cm³/mol. The van der Waals surface area contributed by atoms with Crippen molar-refractivity contribution in [3.05, 3.63) is 81.6 Å². The third-order valence-corrected chi connectivity index (χ3v) is 6.39. The fraction of sp³-hybridized carbons (Fsp3) is 0.320. The van der Waals surface area contributed by atoms with Gasteiger partial charge in [-0.05, 0) is 30.7 Å². The molecule has 1 atom stereocenters. The van der Waals surface area contributed by atoms with Gasteiger partial charge in [0.25, 0.3) is 5.91 Å². The van der Waals surface area contributed by atoms with Crippen molar-refractivity contribution in [2.45, 2.75) is 26.2 Å². The van der Waals surface area contributed by atoms with Crippen LogP contribution in [0.1, 0.15) is 26.6 Å². The second-order valence-corrected chi connectivity index (χ2v) is 9.15. The van der Waals surface area contributed by atoms with Gasteiger partial charge in [-0.15, -0.1) is 11.3 Å². The molecule has 34 heavy (non-hydrogen) atoms. The third kappa shape index (κ3) is 5.78. The van der Waals surface area contributed by atoms with Gasteiger partial charge in [0.2, 0.25) is 5.91 Å². The van der Waals surface area contributed by atoms with Crippen LogP contribution < -0.4 is 4.74 Å². The molecule has 0 bridgehead atoms. The van der Waals surface area contributed by atoms with E-state index in [4.69, 9.17) is 9.47 Å². The van der Waals surface area contributed by atoms with Gasteiger partial charge in [-0.2, -0.15) is 0 Å². The molecule has 9 heteroatoms. The number of carbonyl (C=O) groups excluding carboxylic acids is 2. The van der Waals surface area contributed by atoms with Crippen molar-refractivity contribution >= 4 is 23.2 Å². The van der Waals surface area contributed by atoms with Gasteiger partial charge < -0.3 is 19.3 Å². The Hall–Kier alpha value is -3.30. The third-order valence-electron chi connectivity index (χ3n) is 5.62. The van der Waals surface area contributed by atoms with Crippen molar-refractivity contribution in [2.24, 2.45) is 0 Å². The van der Waals surface area contributed by atoms with Crippen molar-refractivity contribution in [3.8, 4) is 5.75 Å². The Morgan fingerprint density at radius 2 is 1.94 bits per heavy atom. The largest absolute Gasteiger partial charge is 0.497 e. The first-order chi connectivity index (χ1) is 16.4. The molecule has 4 rings (SSSR count). The zero-order valence-corrected chi connectivity index (χ0v) is 19.9. The lowest BCUT2D eigenvalue weighted by Crippen LogP contribution is -2.39. The number of nitrogens with zero attached hydrogens (tertiary/aromatic N) is 3. The molecule has 0 N–H and O–H groups in total. The molecule has 0 saturated carbocycles. The first-order valence-corrected chi connectivity index (χ1v) is 11.8. The van der Waals surface area contributed by atoms with E-state index in [-0.39, 0.29) is 43.9 Å². The lowest BCUT2D eigenvalue weighted by molar-refractivity contribution is -0.132. The lowest BCUT2D eigenvalue weighted by atomic mass is 10.2. The molecule has 1 fully saturated rings. The maximum atomic E-state index is 14.1. The van der Waals surface area contributed by atoms with Gasteiger partial charge >= 0.3 is 0 Å². The minimum Gasteiger partial charge on any atom is -0.497 e. The van der Waals surface area contributed by atoms with Crippen LogP contribution in [0.25, 0.3) is 0 Å². The van der Waals surface area contributed by atoms with Gasteiger partial charge in [-0.25, -0.2) is 9.37 Å². The minimum atomic E-state index is -0.493. The summed E-state index contributed by atoms with van der Waals surface area (Å²) in [5.74, 6) is -0.128. The fourth-order valence-corrected chi connectivity index (χ4v) is 4.38. The number of ether oxygens (including phenoxy) is 2. The van der Waals surface area contributed by atoms with E-state index in [0.717, 1.165) is 16.3 Å². The molecule has 0 spiro atoms. The number of benzene rings is 2. The SMILES string of the molecule is COc1ccc(CN2CC(OCc3ccccc3F)CN(C(=O)c3csc(C)n3)CC2=O)cc1. The van der Waals surface area contributed by atoms with E-state index < -0.39 is 6.10 Å². The molecule has 7 nitrogen and oxygen atoms in total. The van der Waals surface area contributed by atoms with Crippen molar-refractivity contribution in [1.82, 2.24) is 14.8 Å². The van der Waals surface area contributed by atoms with Crippen molar-refractivity contribution in [2.75, 3.05) is 26.7 Å². The van der Waals surface area contributed by atoms with Crippen LogP contribution in [0.15, 0.2) is 53.9 Å². The summed E-state index contributed by atoms with van der Waals surface area (Å²) in [4.78, 5) is 33.6. The van der Waals surface area contributed by atoms with Crippen molar-refractivity contribution in [3.63, 3.8) is 0 Å². The molecule has 1 unspecified atom stereocenters. The lowest BCUT2D eigenvalue weighted by Gasteiger charge is -2.25. The molecule has 178 valence electrons. The highest BCUT2D eigenvalue weighted by Gasteiger charge is 2.32. The van der Waals surface area contributed by atoms with Crippen molar-refractivity contribution < 1.29 is 23.5 Å². The zero-order valence-electron chi connectivity index (χ0n) is 19.1. The fourth-order valence-electron chi connectivity index (χ4n) is 3.79. The number of hydrogen-bond acceptors (Lipinski definition) is 6. The molecule has 1 aliphatic rings. The molecule has 1 aromatic heterocycles.